The Morgan fingerprint density at radius 1 is 1.12 bits per heavy atom. The number of hydrogen-bond donors (Lipinski definition) is 3. The zero-order valence-corrected chi connectivity index (χ0v) is 14.6. The van der Waals surface area contributed by atoms with Crippen molar-refractivity contribution < 1.29 is 9.59 Å². The molecular weight excluding hydrogens is 338 g/mol. The predicted octanol–water partition coefficient (Wildman–Crippen LogP) is 3.73. The third-order valence-electron chi connectivity index (χ3n) is 3.91. The van der Waals surface area contributed by atoms with Crippen LogP contribution < -0.4 is 16.0 Å². The largest absolute Gasteiger partial charge is 0.370 e. The van der Waals surface area contributed by atoms with E-state index in [9.17, 15) is 9.59 Å². The molecule has 1 fully saturated rings. The van der Waals surface area contributed by atoms with Crippen LogP contribution in [0.5, 0.6) is 0 Å². The Hall–Kier alpha value is -2.53. The Kier molecular flexibility index (Phi) is 5.24. The minimum Gasteiger partial charge on any atom is -0.370 e. The third-order valence-corrected chi connectivity index (χ3v) is 4.22. The molecule has 0 bridgehead atoms. The predicted molar refractivity (Wildman–Crippen MR) is 99.7 cm³/mol. The quantitative estimate of drug-likeness (QED) is 0.737. The molecule has 0 heterocycles. The Morgan fingerprint density at radius 3 is 2.44 bits per heavy atom. The lowest BCUT2D eigenvalue weighted by atomic mass is 10.1. The van der Waals surface area contributed by atoms with E-state index < -0.39 is 6.04 Å². The Labute approximate surface area is 151 Å². The van der Waals surface area contributed by atoms with Crippen LogP contribution in [0.1, 0.15) is 31.4 Å². The van der Waals surface area contributed by atoms with Crippen LogP contribution in [0, 0.1) is 0 Å². The van der Waals surface area contributed by atoms with E-state index in [2.05, 4.69) is 16.0 Å². The summed E-state index contributed by atoms with van der Waals surface area (Å²) in [4.78, 5) is 23.8. The maximum Gasteiger partial charge on any atom is 0.247 e. The maximum atomic E-state index is 12.6. The van der Waals surface area contributed by atoms with E-state index in [1.165, 1.54) is 6.92 Å². The molecular formula is C19H20ClN3O2. The van der Waals surface area contributed by atoms with Gasteiger partial charge in [0.05, 0.1) is 10.7 Å². The molecule has 1 aliphatic carbocycles. The Bertz CT molecular complexity index is 775. The molecule has 0 saturated heterocycles. The molecule has 25 heavy (non-hydrogen) atoms. The number of nitrogens with one attached hydrogen (secondary N) is 3. The molecule has 2 aromatic rings. The lowest BCUT2D eigenvalue weighted by molar-refractivity contribution is -0.122. The van der Waals surface area contributed by atoms with E-state index in [1.54, 1.807) is 18.2 Å². The highest BCUT2D eigenvalue weighted by Gasteiger charge is 2.28. The number of halogens is 1. The number of amides is 2. The van der Waals surface area contributed by atoms with Crippen LogP contribution in [0.15, 0.2) is 48.5 Å². The van der Waals surface area contributed by atoms with Crippen LogP contribution in [0.25, 0.3) is 0 Å². The fourth-order valence-electron chi connectivity index (χ4n) is 2.52. The lowest BCUT2D eigenvalue weighted by Gasteiger charge is -2.20. The first-order valence-corrected chi connectivity index (χ1v) is 8.60. The molecule has 6 heteroatoms. The second-order valence-corrected chi connectivity index (χ2v) is 6.55. The van der Waals surface area contributed by atoms with Crippen LogP contribution in [0.4, 0.5) is 11.4 Å². The van der Waals surface area contributed by atoms with Gasteiger partial charge in [0.15, 0.2) is 0 Å². The van der Waals surface area contributed by atoms with Gasteiger partial charge in [0, 0.05) is 18.7 Å². The summed E-state index contributed by atoms with van der Waals surface area (Å²) >= 11 is 6.22. The SMILES string of the molecule is CC(=O)Nc1ccc(N[C@H](C(=O)NC2CC2)c2ccccc2)cc1Cl. The highest BCUT2D eigenvalue weighted by molar-refractivity contribution is 6.34. The van der Waals surface area contributed by atoms with Gasteiger partial charge in [-0.25, -0.2) is 0 Å². The second-order valence-electron chi connectivity index (χ2n) is 6.15. The third kappa shape index (κ3) is 4.73. The minimum atomic E-state index is -0.510. The number of rotatable bonds is 6. The first-order valence-electron chi connectivity index (χ1n) is 8.22. The summed E-state index contributed by atoms with van der Waals surface area (Å²) in [5.74, 6) is -0.246. The summed E-state index contributed by atoms with van der Waals surface area (Å²) in [7, 11) is 0. The van der Waals surface area contributed by atoms with E-state index in [-0.39, 0.29) is 17.9 Å². The van der Waals surface area contributed by atoms with Gasteiger partial charge in [-0.3, -0.25) is 9.59 Å². The standard InChI is InChI=1S/C19H20ClN3O2/c1-12(24)21-17-10-9-15(11-16(17)20)22-18(13-5-3-2-4-6-13)19(25)23-14-7-8-14/h2-6,9-11,14,18,22H,7-8H2,1H3,(H,21,24)(H,23,25)/t18-/m0/s1. The summed E-state index contributed by atoms with van der Waals surface area (Å²) in [6.45, 7) is 1.43. The summed E-state index contributed by atoms with van der Waals surface area (Å²) in [6, 6.07) is 14.5. The van der Waals surface area contributed by atoms with Crippen molar-refractivity contribution in [1.29, 1.82) is 0 Å². The molecule has 1 atom stereocenters. The molecule has 0 aromatic heterocycles. The summed E-state index contributed by atoms with van der Waals surface area (Å²) in [5, 5.41) is 9.35. The number of hydrogen-bond acceptors (Lipinski definition) is 3. The van der Waals surface area contributed by atoms with Crippen LogP contribution in [-0.4, -0.2) is 17.9 Å². The van der Waals surface area contributed by atoms with Gasteiger partial charge in [0.25, 0.3) is 0 Å². The van der Waals surface area contributed by atoms with Gasteiger partial charge in [-0.2, -0.15) is 0 Å². The average molecular weight is 358 g/mol. The molecule has 0 radical (unpaired) electrons. The van der Waals surface area contributed by atoms with E-state index in [0.29, 0.717) is 16.4 Å². The molecule has 1 saturated carbocycles. The van der Waals surface area contributed by atoms with Crippen molar-refractivity contribution in [3.05, 3.63) is 59.1 Å². The number of anilines is 2. The summed E-state index contributed by atoms with van der Waals surface area (Å²) in [5.41, 5.74) is 2.13. The Morgan fingerprint density at radius 2 is 1.84 bits per heavy atom. The Balaban J connectivity index is 1.80. The van der Waals surface area contributed by atoms with Crippen LogP contribution >= 0.6 is 11.6 Å². The van der Waals surface area contributed by atoms with Crippen molar-refractivity contribution in [3.63, 3.8) is 0 Å². The van der Waals surface area contributed by atoms with Crippen molar-refractivity contribution in [2.75, 3.05) is 10.6 Å². The fourth-order valence-corrected chi connectivity index (χ4v) is 2.75. The zero-order valence-electron chi connectivity index (χ0n) is 13.9. The van der Waals surface area contributed by atoms with Gasteiger partial charge in [0.1, 0.15) is 6.04 Å². The smallest absolute Gasteiger partial charge is 0.247 e. The van der Waals surface area contributed by atoms with Crippen molar-refractivity contribution >= 4 is 34.8 Å². The topological polar surface area (TPSA) is 70.2 Å². The van der Waals surface area contributed by atoms with Crippen LogP contribution in [0.2, 0.25) is 5.02 Å². The van der Waals surface area contributed by atoms with Gasteiger partial charge >= 0.3 is 0 Å². The molecule has 0 unspecified atom stereocenters. The van der Waals surface area contributed by atoms with Crippen molar-refractivity contribution in [2.24, 2.45) is 0 Å². The van der Waals surface area contributed by atoms with Crippen molar-refractivity contribution in [3.8, 4) is 0 Å². The van der Waals surface area contributed by atoms with Gasteiger partial charge in [-0.15, -0.1) is 0 Å². The molecule has 1 aliphatic rings. The lowest BCUT2D eigenvalue weighted by Crippen LogP contribution is -2.34. The monoisotopic (exact) mass is 357 g/mol. The van der Waals surface area contributed by atoms with Gasteiger partial charge in [-0.05, 0) is 36.6 Å². The normalized spacial score (nSPS) is 14.5. The van der Waals surface area contributed by atoms with E-state index in [1.807, 2.05) is 30.3 Å². The molecule has 2 aromatic carbocycles. The van der Waals surface area contributed by atoms with Crippen LogP contribution in [0.3, 0.4) is 0 Å². The minimum absolute atomic E-state index is 0.0595. The van der Waals surface area contributed by atoms with Crippen LogP contribution in [-0.2, 0) is 9.59 Å². The maximum absolute atomic E-state index is 12.6. The highest BCUT2D eigenvalue weighted by Crippen LogP contribution is 2.29. The first-order chi connectivity index (χ1) is 12.0. The van der Waals surface area contributed by atoms with Crippen molar-refractivity contribution in [1.82, 2.24) is 5.32 Å². The summed E-state index contributed by atoms with van der Waals surface area (Å²) < 4.78 is 0. The van der Waals surface area contributed by atoms with Gasteiger partial charge < -0.3 is 16.0 Å². The molecule has 2 amide bonds. The average Bonchev–Trinajstić information content (AvgIpc) is 3.39. The number of benzene rings is 2. The second kappa shape index (κ2) is 7.57. The molecule has 5 nitrogen and oxygen atoms in total. The molecule has 130 valence electrons. The summed E-state index contributed by atoms with van der Waals surface area (Å²) in [6.07, 6.45) is 2.06. The zero-order chi connectivity index (χ0) is 17.8. The van der Waals surface area contributed by atoms with Crippen molar-refractivity contribution in [2.45, 2.75) is 31.8 Å². The highest BCUT2D eigenvalue weighted by atomic mass is 35.5. The molecule has 0 spiro atoms. The number of carbonyl (C=O) groups is 2. The molecule has 3 N–H and O–H groups in total. The molecule has 0 aliphatic heterocycles. The van der Waals surface area contributed by atoms with Gasteiger partial charge in [0.2, 0.25) is 11.8 Å². The van der Waals surface area contributed by atoms with E-state index in [0.717, 1.165) is 18.4 Å². The fraction of sp³-hybridized carbons (Fsp3) is 0.263. The van der Waals surface area contributed by atoms with E-state index in [4.69, 9.17) is 11.6 Å². The number of carbonyl (C=O) groups excluding carboxylic acids is 2. The van der Waals surface area contributed by atoms with E-state index >= 15 is 0 Å². The first kappa shape index (κ1) is 17.3. The van der Waals surface area contributed by atoms with Gasteiger partial charge in [-0.1, -0.05) is 41.9 Å². The molecule has 3 rings (SSSR count).